The average Bonchev–Trinajstić information content (AvgIpc) is 2.62. The van der Waals surface area contributed by atoms with Gasteiger partial charge in [-0.3, -0.25) is 9.59 Å². The Balaban J connectivity index is 1.82. The number of hydrogen-bond donors (Lipinski definition) is 3. The Hall–Kier alpha value is -3.02. The van der Waals surface area contributed by atoms with Gasteiger partial charge in [0.1, 0.15) is 5.75 Å². The molecule has 0 saturated heterocycles. The van der Waals surface area contributed by atoms with Crippen LogP contribution in [-0.2, 0) is 9.59 Å². The lowest BCUT2D eigenvalue weighted by molar-refractivity contribution is -0.116. The summed E-state index contributed by atoms with van der Waals surface area (Å²) in [5.41, 5.74) is 2.21. The quantitative estimate of drug-likeness (QED) is 0.638. The van der Waals surface area contributed by atoms with E-state index in [9.17, 15) is 9.59 Å². The minimum absolute atomic E-state index is 0.0113. The van der Waals surface area contributed by atoms with Crippen LogP contribution in [0.1, 0.15) is 26.7 Å². The fourth-order valence-electron chi connectivity index (χ4n) is 2.34. The van der Waals surface area contributed by atoms with Crippen LogP contribution >= 0.6 is 0 Å². The number of carbonyl (C=O) groups is 2. The van der Waals surface area contributed by atoms with E-state index >= 15 is 0 Å². The highest BCUT2D eigenvalue weighted by atomic mass is 16.5. The Bertz CT molecular complexity index is 729. The van der Waals surface area contributed by atoms with Gasteiger partial charge in [-0.15, -0.1) is 0 Å². The third-order valence-electron chi connectivity index (χ3n) is 3.53. The first-order chi connectivity index (χ1) is 12.6. The maximum Gasteiger partial charge on any atom is 0.243 e. The average molecular weight is 355 g/mol. The van der Waals surface area contributed by atoms with Gasteiger partial charge in [-0.05, 0) is 49.7 Å². The highest BCUT2D eigenvalue weighted by Crippen LogP contribution is 2.17. The van der Waals surface area contributed by atoms with Gasteiger partial charge in [-0.1, -0.05) is 13.0 Å². The van der Waals surface area contributed by atoms with Gasteiger partial charge in [0, 0.05) is 29.5 Å². The molecule has 138 valence electrons. The number of hydrogen-bond acceptors (Lipinski definition) is 4. The lowest BCUT2D eigenvalue weighted by atomic mass is 10.2. The van der Waals surface area contributed by atoms with Crippen LogP contribution in [0.2, 0.25) is 0 Å². The SMILES string of the molecule is CCCC(=O)Nc1ccc(NC(=O)CNc2cccc(OCC)c2)cc1. The smallest absolute Gasteiger partial charge is 0.243 e. The molecule has 0 saturated carbocycles. The number of ether oxygens (including phenoxy) is 1. The molecule has 26 heavy (non-hydrogen) atoms. The van der Waals surface area contributed by atoms with Gasteiger partial charge < -0.3 is 20.7 Å². The predicted octanol–water partition coefficient (Wildman–Crippen LogP) is 3.87. The van der Waals surface area contributed by atoms with Gasteiger partial charge in [-0.25, -0.2) is 0 Å². The van der Waals surface area contributed by atoms with Gasteiger partial charge in [-0.2, -0.15) is 0 Å². The van der Waals surface area contributed by atoms with Gasteiger partial charge in [0.2, 0.25) is 11.8 Å². The van der Waals surface area contributed by atoms with Crippen LogP contribution < -0.4 is 20.7 Å². The molecule has 0 aliphatic heterocycles. The summed E-state index contributed by atoms with van der Waals surface area (Å²) in [6.07, 6.45) is 1.30. The second-order valence-corrected chi connectivity index (χ2v) is 5.74. The normalized spacial score (nSPS) is 10.1. The Kier molecular flexibility index (Phi) is 7.49. The topological polar surface area (TPSA) is 79.5 Å². The molecule has 0 fully saturated rings. The molecule has 0 unspecified atom stereocenters. The molecule has 6 heteroatoms. The fourth-order valence-corrected chi connectivity index (χ4v) is 2.34. The van der Waals surface area contributed by atoms with Crippen LogP contribution in [0.25, 0.3) is 0 Å². The maximum atomic E-state index is 12.1. The van der Waals surface area contributed by atoms with Crippen molar-refractivity contribution in [1.82, 2.24) is 0 Å². The first-order valence-corrected chi connectivity index (χ1v) is 8.77. The van der Waals surface area contributed by atoms with E-state index < -0.39 is 0 Å². The summed E-state index contributed by atoms with van der Waals surface area (Å²) >= 11 is 0. The molecule has 2 amide bonds. The van der Waals surface area contributed by atoms with Gasteiger partial charge in [0.25, 0.3) is 0 Å². The molecule has 3 N–H and O–H groups in total. The molecule has 0 spiro atoms. The van der Waals surface area contributed by atoms with Gasteiger partial charge in [0.15, 0.2) is 0 Å². The summed E-state index contributed by atoms with van der Waals surface area (Å²) in [5, 5.41) is 8.69. The van der Waals surface area contributed by atoms with Crippen LogP contribution in [0.5, 0.6) is 5.75 Å². The van der Waals surface area contributed by atoms with Crippen molar-refractivity contribution in [2.24, 2.45) is 0 Å². The lowest BCUT2D eigenvalue weighted by Crippen LogP contribution is -2.21. The number of rotatable bonds is 9. The number of anilines is 3. The largest absolute Gasteiger partial charge is 0.494 e. The Morgan fingerprint density at radius 3 is 2.15 bits per heavy atom. The molecule has 2 aromatic carbocycles. The zero-order valence-electron chi connectivity index (χ0n) is 15.2. The summed E-state index contributed by atoms with van der Waals surface area (Å²) in [7, 11) is 0. The molecule has 0 aromatic heterocycles. The molecule has 0 heterocycles. The van der Waals surface area contributed by atoms with Crippen molar-refractivity contribution in [1.29, 1.82) is 0 Å². The first kappa shape index (κ1) is 19.3. The van der Waals surface area contributed by atoms with Crippen molar-refractivity contribution >= 4 is 28.9 Å². The molecule has 0 aliphatic carbocycles. The van der Waals surface area contributed by atoms with Gasteiger partial charge in [0.05, 0.1) is 13.2 Å². The lowest BCUT2D eigenvalue weighted by Gasteiger charge is -2.10. The van der Waals surface area contributed by atoms with E-state index in [0.717, 1.165) is 17.9 Å². The highest BCUT2D eigenvalue weighted by Gasteiger charge is 2.04. The van der Waals surface area contributed by atoms with Crippen molar-refractivity contribution in [3.63, 3.8) is 0 Å². The minimum Gasteiger partial charge on any atom is -0.494 e. The fraction of sp³-hybridized carbons (Fsp3) is 0.300. The van der Waals surface area contributed by atoms with Crippen molar-refractivity contribution in [2.45, 2.75) is 26.7 Å². The molecule has 6 nitrogen and oxygen atoms in total. The Labute approximate surface area is 153 Å². The Morgan fingerprint density at radius 2 is 1.54 bits per heavy atom. The molecule has 2 aromatic rings. The second kappa shape index (κ2) is 10.1. The molecule has 0 atom stereocenters. The minimum atomic E-state index is -0.158. The summed E-state index contributed by atoms with van der Waals surface area (Å²) in [6, 6.07) is 14.5. The third-order valence-corrected chi connectivity index (χ3v) is 3.53. The second-order valence-electron chi connectivity index (χ2n) is 5.74. The number of benzene rings is 2. The number of carbonyl (C=O) groups excluding carboxylic acids is 2. The molecular weight excluding hydrogens is 330 g/mol. The summed E-state index contributed by atoms with van der Waals surface area (Å²) in [4.78, 5) is 23.6. The van der Waals surface area contributed by atoms with E-state index in [1.165, 1.54) is 0 Å². The summed E-state index contributed by atoms with van der Waals surface area (Å²) < 4.78 is 5.43. The van der Waals surface area contributed by atoms with E-state index in [-0.39, 0.29) is 18.4 Å². The van der Waals surface area contributed by atoms with Crippen molar-refractivity contribution in [3.8, 4) is 5.75 Å². The van der Waals surface area contributed by atoms with Crippen LogP contribution in [0.3, 0.4) is 0 Å². The zero-order valence-corrected chi connectivity index (χ0v) is 15.2. The molecule has 0 radical (unpaired) electrons. The van der Waals surface area contributed by atoms with Crippen molar-refractivity contribution in [3.05, 3.63) is 48.5 Å². The standard InChI is InChI=1S/C20H25N3O3/c1-3-6-19(24)22-15-9-11-16(12-10-15)23-20(25)14-21-17-7-5-8-18(13-17)26-4-2/h5,7-13,21H,3-4,6,14H2,1-2H3,(H,22,24)(H,23,25). The first-order valence-electron chi connectivity index (χ1n) is 8.77. The van der Waals surface area contributed by atoms with E-state index in [1.54, 1.807) is 24.3 Å². The maximum absolute atomic E-state index is 12.1. The highest BCUT2D eigenvalue weighted by molar-refractivity contribution is 5.94. The van der Waals surface area contributed by atoms with Crippen molar-refractivity contribution in [2.75, 3.05) is 29.1 Å². The van der Waals surface area contributed by atoms with Crippen molar-refractivity contribution < 1.29 is 14.3 Å². The van der Waals surface area contributed by atoms with Crippen LogP contribution in [0, 0.1) is 0 Å². The molecule has 0 bridgehead atoms. The molecule has 2 rings (SSSR count). The monoisotopic (exact) mass is 355 g/mol. The Morgan fingerprint density at radius 1 is 0.885 bits per heavy atom. The summed E-state index contributed by atoms with van der Waals surface area (Å²) in [5.74, 6) is 0.593. The third kappa shape index (κ3) is 6.47. The van der Waals surface area contributed by atoms with Gasteiger partial charge >= 0.3 is 0 Å². The van der Waals surface area contributed by atoms with Crippen LogP contribution in [0.15, 0.2) is 48.5 Å². The van der Waals surface area contributed by atoms with Crippen LogP contribution in [0.4, 0.5) is 17.1 Å². The molecular formula is C20H25N3O3. The van der Waals surface area contributed by atoms with Crippen LogP contribution in [-0.4, -0.2) is 25.0 Å². The van der Waals surface area contributed by atoms with E-state index in [2.05, 4.69) is 16.0 Å². The number of amides is 2. The van der Waals surface area contributed by atoms with E-state index in [1.807, 2.05) is 38.1 Å². The predicted molar refractivity (Wildman–Crippen MR) is 105 cm³/mol. The summed E-state index contributed by atoms with van der Waals surface area (Å²) in [6.45, 7) is 4.62. The number of nitrogens with one attached hydrogen (secondary N) is 3. The van der Waals surface area contributed by atoms with E-state index in [4.69, 9.17) is 4.74 Å². The van der Waals surface area contributed by atoms with E-state index in [0.29, 0.717) is 24.4 Å². The zero-order chi connectivity index (χ0) is 18.8. The molecule has 0 aliphatic rings.